The van der Waals surface area contributed by atoms with Gasteiger partial charge in [-0.1, -0.05) is 6.07 Å². The SMILES string of the molecule is Cc1csc(CC(=O)N/N=C/c2cccc(O)c2O)n1. The van der Waals surface area contributed by atoms with Crippen molar-refractivity contribution in [3.8, 4) is 11.5 Å². The number of rotatable bonds is 4. The number of hydrogen-bond acceptors (Lipinski definition) is 6. The van der Waals surface area contributed by atoms with E-state index in [4.69, 9.17) is 0 Å². The van der Waals surface area contributed by atoms with Crippen LogP contribution in [0.15, 0.2) is 28.7 Å². The third kappa shape index (κ3) is 3.55. The Hall–Kier alpha value is -2.41. The smallest absolute Gasteiger partial charge is 0.246 e. The largest absolute Gasteiger partial charge is 0.504 e. The molecule has 0 aliphatic heterocycles. The number of para-hydroxylation sites is 1. The summed E-state index contributed by atoms with van der Waals surface area (Å²) < 4.78 is 0. The van der Waals surface area contributed by atoms with Gasteiger partial charge in [0.1, 0.15) is 5.01 Å². The second-order valence-electron chi connectivity index (χ2n) is 4.07. The van der Waals surface area contributed by atoms with E-state index < -0.39 is 0 Å². The number of aromatic hydroxyl groups is 2. The highest BCUT2D eigenvalue weighted by Crippen LogP contribution is 2.26. The summed E-state index contributed by atoms with van der Waals surface area (Å²) >= 11 is 1.42. The van der Waals surface area contributed by atoms with Crippen LogP contribution in [-0.2, 0) is 11.2 Å². The van der Waals surface area contributed by atoms with Crippen LogP contribution in [0.1, 0.15) is 16.3 Å². The Balaban J connectivity index is 1.93. The van der Waals surface area contributed by atoms with Crippen LogP contribution in [0, 0.1) is 6.92 Å². The van der Waals surface area contributed by atoms with Crippen LogP contribution in [0.5, 0.6) is 11.5 Å². The molecule has 1 aromatic carbocycles. The highest BCUT2D eigenvalue weighted by atomic mass is 32.1. The van der Waals surface area contributed by atoms with Crippen molar-refractivity contribution in [2.75, 3.05) is 0 Å². The van der Waals surface area contributed by atoms with Crippen molar-refractivity contribution in [1.82, 2.24) is 10.4 Å². The molecule has 1 heterocycles. The van der Waals surface area contributed by atoms with Crippen LogP contribution in [-0.4, -0.2) is 27.3 Å². The summed E-state index contributed by atoms with van der Waals surface area (Å²) in [6.07, 6.45) is 1.42. The van der Waals surface area contributed by atoms with E-state index in [1.807, 2.05) is 12.3 Å². The Morgan fingerprint density at radius 3 is 3.00 bits per heavy atom. The minimum absolute atomic E-state index is 0.155. The van der Waals surface area contributed by atoms with Crippen molar-refractivity contribution in [3.63, 3.8) is 0 Å². The lowest BCUT2D eigenvalue weighted by molar-refractivity contribution is -0.120. The highest BCUT2D eigenvalue weighted by molar-refractivity contribution is 7.09. The van der Waals surface area contributed by atoms with Crippen LogP contribution < -0.4 is 5.43 Å². The van der Waals surface area contributed by atoms with Crippen LogP contribution in [0.3, 0.4) is 0 Å². The fourth-order valence-corrected chi connectivity index (χ4v) is 2.26. The molecule has 0 unspecified atom stereocenters. The lowest BCUT2D eigenvalue weighted by atomic mass is 10.2. The van der Waals surface area contributed by atoms with Crippen LogP contribution in [0.4, 0.5) is 0 Å². The summed E-state index contributed by atoms with van der Waals surface area (Å²) in [4.78, 5) is 15.8. The minimum atomic E-state index is -0.296. The number of hydrazone groups is 1. The molecule has 20 heavy (non-hydrogen) atoms. The number of phenols is 2. The molecule has 0 atom stereocenters. The van der Waals surface area contributed by atoms with E-state index in [0.29, 0.717) is 5.56 Å². The van der Waals surface area contributed by atoms with Crippen LogP contribution in [0.25, 0.3) is 0 Å². The molecule has 0 saturated carbocycles. The first-order chi connectivity index (χ1) is 9.56. The van der Waals surface area contributed by atoms with E-state index in [2.05, 4.69) is 15.5 Å². The van der Waals surface area contributed by atoms with Gasteiger partial charge in [-0.3, -0.25) is 4.79 Å². The molecule has 6 nitrogen and oxygen atoms in total. The normalized spacial score (nSPS) is 10.8. The zero-order valence-electron chi connectivity index (χ0n) is 10.7. The number of carbonyl (C=O) groups excluding carboxylic acids is 1. The molecule has 0 bridgehead atoms. The summed E-state index contributed by atoms with van der Waals surface area (Å²) in [6, 6.07) is 4.49. The van der Waals surface area contributed by atoms with Gasteiger partial charge in [0, 0.05) is 16.6 Å². The molecule has 3 N–H and O–H groups in total. The molecule has 0 fully saturated rings. The van der Waals surface area contributed by atoms with Gasteiger partial charge < -0.3 is 10.2 Å². The van der Waals surface area contributed by atoms with Gasteiger partial charge in [-0.2, -0.15) is 5.10 Å². The number of thiazole rings is 1. The number of aromatic nitrogens is 1. The number of phenolic OH excluding ortho intramolecular Hbond substituents is 2. The second kappa shape index (κ2) is 6.16. The molecule has 7 heteroatoms. The zero-order chi connectivity index (χ0) is 14.5. The van der Waals surface area contributed by atoms with E-state index in [9.17, 15) is 15.0 Å². The summed E-state index contributed by atoms with van der Waals surface area (Å²) in [7, 11) is 0. The molecular weight excluding hydrogens is 278 g/mol. The average Bonchev–Trinajstić information content (AvgIpc) is 2.80. The molecule has 1 amide bonds. The van der Waals surface area contributed by atoms with Crippen molar-refractivity contribution < 1.29 is 15.0 Å². The van der Waals surface area contributed by atoms with Crippen molar-refractivity contribution >= 4 is 23.5 Å². The van der Waals surface area contributed by atoms with Gasteiger partial charge in [0.25, 0.3) is 0 Å². The van der Waals surface area contributed by atoms with Gasteiger partial charge in [-0.25, -0.2) is 10.4 Å². The Labute approximate surface area is 119 Å². The molecule has 2 rings (SSSR count). The first-order valence-electron chi connectivity index (χ1n) is 5.80. The van der Waals surface area contributed by atoms with Crippen LogP contribution >= 0.6 is 11.3 Å². The Morgan fingerprint density at radius 2 is 2.30 bits per heavy atom. The van der Waals surface area contributed by atoms with Crippen molar-refractivity contribution in [1.29, 1.82) is 0 Å². The fraction of sp³-hybridized carbons (Fsp3) is 0.154. The highest BCUT2D eigenvalue weighted by Gasteiger charge is 2.06. The molecule has 0 spiro atoms. The molecule has 104 valence electrons. The van der Waals surface area contributed by atoms with Gasteiger partial charge in [0.05, 0.1) is 12.6 Å². The average molecular weight is 291 g/mol. The Bertz CT molecular complexity index is 652. The topological polar surface area (TPSA) is 94.8 Å². The van der Waals surface area contributed by atoms with Gasteiger partial charge in [0.2, 0.25) is 5.91 Å². The molecule has 0 radical (unpaired) electrons. The monoisotopic (exact) mass is 291 g/mol. The summed E-state index contributed by atoms with van der Waals surface area (Å²) in [5, 5.41) is 25.2. The summed E-state index contributed by atoms with van der Waals surface area (Å²) in [6.45, 7) is 1.86. The Morgan fingerprint density at radius 1 is 1.50 bits per heavy atom. The maximum atomic E-state index is 11.6. The molecular formula is C13H13N3O3S. The van der Waals surface area contributed by atoms with Gasteiger partial charge in [0.15, 0.2) is 11.5 Å². The number of benzene rings is 1. The number of amides is 1. The van der Waals surface area contributed by atoms with Gasteiger partial charge >= 0.3 is 0 Å². The summed E-state index contributed by atoms with van der Waals surface area (Å²) in [5.41, 5.74) is 3.54. The van der Waals surface area contributed by atoms with Crippen molar-refractivity contribution in [2.24, 2.45) is 5.10 Å². The van der Waals surface area contributed by atoms with Crippen molar-refractivity contribution in [3.05, 3.63) is 39.8 Å². The lowest BCUT2D eigenvalue weighted by Gasteiger charge is -2.00. The molecule has 0 aliphatic rings. The molecule has 2 aromatic rings. The standard InChI is InChI=1S/C13H13N3O3S/c1-8-7-20-12(15-8)5-11(18)16-14-6-9-3-2-4-10(17)13(9)19/h2-4,6-7,17,19H,5H2,1H3,(H,16,18)/b14-6+. The second-order valence-corrected chi connectivity index (χ2v) is 5.01. The quantitative estimate of drug-likeness (QED) is 0.452. The molecule has 0 aliphatic carbocycles. The maximum Gasteiger partial charge on any atom is 0.246 e. The van der Waals surface area contributed by atoms with Crippen LogP contribution in [0.2, 0.25) is 0 Å². The molecule has 0 saturated heterocycles. The number of hydrogen-bond donors (Lipinski definition) is 3. The minimum Gasteiger partial charge on any atom is -0.504 e. The fourth-order valence-electron chi connectivity index (χ4n) is 1.49. The maximum absolute atomic E-state index is 11.6. The van der Waals surface area contributed by atoms with E-state index in [0.717, 1.165) is 10.7 Å². The number of aryl methyl sites for hydroxylation is 1. The van der Waals surface area contributed by atoms with E-state index in [1.165, 1.54) is 23.6 Å². The number of nitrogens with zero attached hydrogens (tertiary/aromatic N) is 2. The summed E-state index contributed by atoms with van der Waals surface area (Å²) in [5.74, 6) is -0.810. The van der Waals surface area contributed by atoms with Gasteiger partial charge in [-0.05, 0) is 19.1 Å². The third-order valence-electron chi connectivity index (χ3n) is 2.42. The predicted octanol–water partition coefficient (Wildman–Crippen LogP) is 1.56. The van der Waals surface area contributed by atoms with Gasteiger partial charge in [-0.15, -0.1) is 11.3 Å². The first kappa shape index (κ1) is 14.0. The lowest BCUT2D eigenvalue weighted by Crippen LogP contribution is -2.19. The van der Waals surface area contributed by atoms with E-state index >= 15 is 0 Å². The van der Waals surface area contributed by atoms with E-state index in [1.54, 1.807) is 12.1 Å². The van der Waals surface area contributed by atoms with E-state index in [-0.39, 0.29) is 23.8 Å². The first-order valence-corrected chi connectivity index (χ1v) is 6.68. The predicted molar refractivity (Wildman–Crippen MR) is 76.1 cm³/mol. The number of carbonyl (C=O) groups is 1. The third-order valence-corrected chi connectivity index (χ3v) is 3.38. The zero-order valence-corrected chi connectivity index (χ0v) is 11.5. The van der Waals surface area contributed by atoms with Crippen molar-refractivity contribution in [2.45, 2.75) is 13.3 Å². The number of nitrogens with one attached hydrogen (secondary N) is 1. The Kier molecular flexibility index (Phi) is 4.31. The molecule has 1 aromatic heterocycles.